The summed E-state index contributed by atoms with van der Waals surface area (Å²) in [4.78, 5) is 49.7. The number of carbonyl (C=O) groups excluding carboxylic acids is 3. The molecule has 184 valence electrons. The standard InChI is InChI=1S/C24H25N3O8/c1-14-8-19-23(30)27(24(31)34-12-15-4-6-16(7-5-15)25-13-28)18-10-21(35-33-3)20(32-2)9-17(18)22(29)26(19)11-14/h4-7,9-10,13,19,23,30H,1,8,11-12H2,2-3H3,(H,25,28)/t19-,23-/m0/s1. The number of ether oxygens (including phenoxy) is 2. The van der Waals surface area contributed by atoms with Gasteiger partial charge in [-0.25, -0.2) is 9.69 Å². The lowest BCUT2D eigenvalue weighted by molar-refractivity contribution is -0.179. The van der Waals surface area contributed by atoms with E-state index in [1.165, 1.54) is 31.3 Å². The quantitative estimate of drug-likeness (QED) is 0.266. The summed E-state index contributed by atoms with van der Waals surface area (Å²) in [7, 11) is 2.71. The molecule has 0 aliphatic carbocycles. The van der Waals surface area contributed by atoms with Crippen LogP contribution in [0.3, 0.4) is 0 Å². The summed E-state index contributed by atoms with van der Waals surface area (Å²) in [6.45, 7) is 4.09. The molecule has 0 aromatic heterocycles. The van der Waals surface area contributed by atoms with Crippen LogP contribution in [0.25, 0.3) is 0 Å². The van der Waals surface area contributed by atoms with Crippen molar-refractivity contribution in [1.82, 2.24) is 4.90 Å². The Hall–Kier alpha value is -4.09. The SMILES string of the molecule is C=C1C[C@H]2[C@H](O)N(C(=O)OCc3ccc(NC=O)cc3)c3cc(OOC)c(OC)cc3C(=O)N2C1. The molecule has 0 radical (unpaired) electrons. The minimum absolute atomic E-state index is 0.0888. The first kappa shape index (κ1) is 24.0. The Morgan fingerprint density at radius 1 is 1.23 bits per heavy atom. The molecule has 0 unspecified atom stereocenters. The Kier molecular flexibility index (Phi) is 6.90. The Bertz CT molecular complexity index is 1150. The maximum Gasteiger partial charge on any atom is 0.416 e. The fraction of sp³-hybridized carbons (Fsp3) is 0.292. The number of methoxy groups -OCH3 is 1. The lowest BCUT2D eigenvalue weighted by atomic mass is 10.1. The molecule has 0 spiro atoms. The van der Waals surface area contributed by atoms with Crippen LogP contribution in [0.1, 0.15) is 22.3 Å². The maximum absolute atomic E-state index is 13.4. The van der Waals surface area contributed by atoms with Gasteiger partial charge in [-0.15, -0.1) is 0 Å². The summed E-state index contributed by atoms with van der Waals surface area (Å²) in [6.07, 6.45) is -1.38. The molecule has 1 saturated heterocycles. The van der Waals surface area contributed by atoms with E-state index in [9.17, 15) is 19.5 Å². The third-order valence-electron chi connectivity index (χ3n) is 5.85. The molecule has 2 aliphatic heterocycles. The smallest absolute Gasteiger partial charge is 0.416 e. The molecule has 2 aromatic carbocycles. The zero-order valence-electron chi connectivity index (χ0n) is 19.2. The van der Waals surface area contributed by atoms with Gasteiger partial charge >= 0.3 is 6.09 Å². The Morgan fingerprint density at radius 3 is 2.63 bits per heavy atom. The van der Waals surface area contributed by atoms with E-state index in [1.807, 2.05) is 0 Å². The molecule has 2 heterocycles. The second-order valence-corrected chi connectivity index (χ2v) is 8.02. The van der Waals surface area contributed by atoms with Crippen molar-refractivity contribution in [1.29, 1.82) is 0 Å². The molecule has 2 aliphatic rings. The molecule has 4 rings (SSSR count). The van der Waals surface area contributed by atoms with Crippen molar-refractivity contribution in [2.75, 3.05) is 31.0 Å². The number of nitrogens with one attached hydrogen (secondary N) is 1. The molecular formula is C24H25N3O8. The van der Waals surface area contributed by atoms with Gasteiger partial charge in [-0.1, -0.05) is 24.3 Å². The number of anilines is 2. The highest BCUT2D eigenvalue weighted by Crippen LogP contribution is 2.41. The molecule has 3 amide bonds. The molecular weight excluding hydrogens is 458 g/mol. The largest absolute Gasteiger partial charge is 0.493 e. The van der Waals surface area contributed by atoms with Crippen LogP contribution < -0.4 is 19.8 Å². The molecule has 11 heteroatoms. The van der Waals surface area contributed by atoms with Gasteiger partial charge in [-0.2, -0.15) is 4.89 Å². The highest BCUT2D eigenvalue weighted by atomic mass is 17.2. The second kappa shape index (κ2) is 10.0. The zero-order chi connectivity index (χ0) is 25.1. The predicted octanol–water partition coefficient (Wildman–Crippen LogP) is 2.45. The fourth-order valence-electron chi connectivity index (χ4n) is 4.21. The lowest BCUT2D eigenvalue weighted by Gasteiger charge is -2.31. The predicted molar refractivity (Wildman–Crippen MR) is 124 cm³/mol. The van der Waals surface area contributed by atoms with Gasteiger partial charge in [0.25, 0.3) is 5.91 Å². The Morgan fingerprint density at radius 2 is 1.97 bits per heavy atom. The van der Waals surface area contributed by atoms with Crippen LogP contribution >= 0.6 is 0 Å². The van der Waals surface area contributed by atoms with E-state index in [-0.39, 0.29) is 35.9 Å². The van der Waals surface area contributed by atoms with Crippen molar-refractivity contribution in [2.24, 2.45) is 0 Å². The number of rotatable bonds is 7. The van der Waals surface area contributed by atoms with Gasteiger partial charge in [0.05, 0.1) is 31.5 Å². The van der Waals surface area contributed by atoms with Crippen LogP contribution in [-0.2, 0) is 21.0 Å². The summed E-state index contributed by atoms with van der Waals surface area (Å²) in [5.74, 6) is -0.0722. The third-order valence-corrected chi connectivity index (χ3v) is 5.85. The molecule has 1 fully saturated rings. The topological polar surface area (TPSA) is 127 Å². The summed E-state index contributed by atoms with van der Waals surface area (Å²) < 4.78 is 10.8. The Balaban J connectivity index is 1.69. The van der Waals surface area contributed by atoms with Crippen LogP contribution in [0.5, 0.6) is 11.5 Å². The first-order valence-electron chi connectivity index (χ1n) is 10.7. The minimum atomic E-state index is -1.41. The molecule has 0 bridgehead atoms. The van der Waals surface area contributed by atoms with Crippen molar-refractivity contribution in [3.05, 3.63) is 59.7 Å². The zero-order valence-corrected chi connectivity index (χ0v) is 19.2. The van der Waals surface area contributed by atoms with Gasteiger partial charge in [0, 0.05) is 18.3 Å². The fourth-order valence-corrected chi connectivity index (χ4v) is 4.21. The summed E-state index contributed by atoms with van der Waals surface area (Å²) in [6, 6.07) is 8.81. The van der Waals surface area contributed by atoms with Crippen molar-refractivity contribution in [3.8, 4) is 11.5 Å². The monoisotopic (exact) mass is 483 g/mol. The van der Waals surface area contributed by atoms with Crippen molar-refractivity contribution >= 4 is 29.8 Å². The van der Waals surface area contributed by atoms with Gasteiger partial charge in [0.2, 0.25) is 12.2 Å². The summed E-state index contributed by atoms with van der Waals surface area (Å²) in [5.41, 5.74) is 2.22. The number of fused-ring (bicyclic) bond motifs is 2. The number of hydrogen-bond donors (Lipinski definition) is 2. The van der Waals surface area contributed by atoms with Gasteiger partial charge < -0.3 is 29.7 Å². The maximum atomic E-state index is 13.4. The Labute approximate surface area is 201 Å². The van der Waals surface area contributed by atoms with Gasteiger partial charge in [0.1, 0.15) is 6.61 Å². The van der Waals surface area contributed by atoms with E-state index < -0.39 is 24.3 Å². The van der Waals surface area contributed by atoms with Gasteiger partial charge in [-0.05, 0) is 30.2 Å². The van der Waals surface area contributed by atoms with Crippen LogP contribution in [-0.4, -0.2) is 61.5 Å². The second-order valence-electron chi connectivity index (χ2n) is 8.02. The molecule has 2 N–H and O–H groups in total. The number of nitrogens with zero attached hydrogens (tertiary/aromatic N) is 2. The molecule has 35 heavy (non-hydrogen) atoms. The highest BCUT2D eigenvalue weighted by Gasteiger charge is 2.46. The van der Waals surface area contributed by atoms with Crippen LogP contribution in [0.2, 0.25) is 0 Å². The van der Waals surface area contributed by atoms with Gasteiger partial charge in [0.15, 0.2) is 12.0 Å². The molecule has 11 nitrogen and oxygen atoms in total. The van der Waals surface area contributed by atoms with Crippen LogP contribution in [0, 0.1) is 0 Å². The number of carbonyl (C=O) groups is 3. The molecule has 2 atom stereocenters. The first-order valence-corrected chi connectivity index (χ1v) is 10.7. The third kappa shape index (κ3) is 4.63. The number of aliphatic hydroxyl groups is 1. The summed E-state index contributed by atoms with van der Waals surface area (Å²) >= 11 is 0. The average molecular weight is 483 g/mol. The van der Waals surface area contributed by atoms with Crippen LogP contribution in [0.4, 0.5) is 16.2 Å². The first-order chi connectivity index (χ1) is 16.9. The number of aliphatic hydroxyl groups excluding tert-OH is 1. The van der Waals surface area contributed by atoms with E-state index in [0.717, 1.165) is 10.5 Å². The van der Waals surface area contributed by atoms with Crippen molar-refractivity contribution in [3.63, 3.8) is 0 Å². The summed E-state index contributed by atoms with van der Waals surface area (Å²) in [5, 5.41) is 13.8. The van der Waals surface area contributed by atoms with Crippen molar-refractivity contribution in [2.45, 2.75) is 25.3 Å². The molecule has 0 saturated carbocycles. The minimum Gasteiger partial charge on any atom is -0.493 e. The van der Waals surface area contributed by atoms with Crippen LogP contribution in [0.15, 0.2) is 48.6 Å². The van der Waals surface area contributed by atoms with Crippen molar-refractivity contribution < 1.29 is 38.7 Å². The van der Waals surface area contributed by atoms with E-state index in [1.54, 1.807) is 24.3 Å². The highest BCUT2D eigenvalue weighted by molar-refractivity contribution is 6.06. The number of amides is 3. The molecule has 2 aromatic rings. The number of benzene rings is 2. The average Bonchev–Trinajstić information content (AvgIpc) is 3.22. The lowest BCUT2D eigenvalue weighted by Crippen LogP contribution is -2.50. The van der Waals surface area contributed by atoms with Gasteiger partial charge in [-0.3, -0.25) is 9.59 Å². The number of hydrogen-bond acceptors (Lipinski definition) is 8. The van der Waals surface area contributed by atoms with E-state index in [2.05, 4.69) is 11.9 Å². The van der Waals surface area contributed by atoms with E-state index in [4.69, 9.17) is 19.2 Å². The van der Waals surface area contributed by atoms with E-state index >= 15 is 0 Å². The van der Waals surface area contributed by atoms with E-state index in [0.29, 0.717) is 24.1 Å². The normalized spacial score (nSPS) is 18.9.